The predicted octanol–water partition coefficient (Wildman–Crippen LogP) is 3.00. The van der Waals surface area contributed by atoms with Crippen molar-refractivity contribution in [2.45, 2.75) is 24.6 Å². The van der Waals surface area contributed by atoms with Gasteiger partial charge in [0.25, 0.3) is 0 Å². The summed E-state index contributed by atoms with van der Waals surface area (Å²) in [7, 11) is -3.46. The Morgan fingerprint density at radius 3 is 2.68 bits per heavy atom. The summed E-state index contributed by atoms with van der Waals surface area (Å²) in [6, 6.07) is 3.48. The van der Waals surface area contributed by atoms with Crippen LogP contribution in [0.4, 0.5) is 0 Å². The van der Waals surface area contributed by atoms with Crippen LogP contribution >= 0.6 is 27.3 Å². The van der Waals surface area contributed by atoms with Gasteiger partial charge in [0.15, 0.2) is 0 Å². The van der Waals surface area contributed by atoms with Crippen LogP contribution in [-0.2, 0) is 16.6 Å². The number of aromatic nitrogens is 1. The summed E-state index contributed by atoms with van der Waals surface area (Å²) in [5, 5.41) is 0. The molecule has 2 rings (SSSR count). The maximum Gasteiger partial charge on any atom is 0.250 e. The van der Waals surface area contributed by atoms with Crippen molar-refractivity contribution in [3.05, 3.63) is 45.0 Å². The van der Waals surface area contributed by atoms with Crippen molar-refractivity contribution in [1.82, 2.24) is 9.71 Å². The molecule has 0 saturated carbocycles. The maximum atomic E-state index is 12.1. The van der Waals surface area contributed by atoms with Gasteiger partial charge in [-0.1, -0.05) is 0 Å². The number of pyridine rings is 1. The van der Waals surface area contributed by atoms with Crippen LogP contribution in [0.5, 0.6) is 0 Å². The summed E-state index contributed by atoms with van der Waals surface area (Å²) in [5.41, 5.74) is 2.81. The summed E-state index contributed by atoms with van der Waals surface area (Å²) < 4.78 is 28.1. The van der Waals surface area contributed by atoms with Crippen LogP contribution in [0.3, 0.4) is 0 Å². The first-order chi connectivity index (χ1) is 8.90. The summed E-state index contributed by atoms with van der Waals surface area (Å²) in [6.45, 7) is 4.04. The minimum absolute atomic E-state index is 0.269. The lowest BCUT2D eigenvalue weighted by atomic mass is 10.2. The Bertz CT molecular complexity index is 676. The molecule has 7 heteroatoms. The number of aryl methyl sites for hydroxylation is 2. The molecule has 0 atom stereocenters. The summed E-state index contributed by atoms with van der Waals surface area (Å²) >= 11 is 4.55. The second-order valence-electron chi connectivity index (χ2n) is 4.15. The normalized spacial score (nSPS) is 11.7. The highest BCUT2D eigenvalue weighted by Gasteiger charge is 2.18. The van der Waals surface area contributed by atoms with E-state index in [1.165, 1.54) is 11.3 Å². The molecule has 102 valence electrons. The third-order valence-electron chi connectivity index (χ3n) is 2.69. The number of nitrogens with zero attached hydrogens (tertiary/aromatic N) is 1. The molecule has 0 saturated heterocycles. The van der Waals surface area contributed by atoms with E-state index in [4.69, 9.17) is 0 Å². The fraction of sp³-hybridized carbons (Fsp3) is 0.250. The van der Waals surface area contributed by atoms with Crippen LogP contribution in [0.2, 0.25) is 0 Å². The maximum absolute atomic E-state index is 12.1. The summed E-state index contributed by atoms with van der Waals surface area (Å²) in [5.74, 6) is 0. The zero-order valence-electron chi connectivity index (χ0n) is 10.5. The van der Waals surface area contributed by atoms with Crippen LogP contribution in [0.15, 0.2) is 32.5 Å². The molecule has 0 aliphatic carbocycles. The number of rotatable bonds is 4. The number of sulfonamides is 1. The molecule has 0 aliphatic rings. The zero-order valence-corrected chi connectivity index (χ0v) is 13.7. The summed E-state index contributed by atoms with van der Waals surface area (Å²) in [4.78, 5) is 3.98. The van der Waals surface area contributed by atoms with Gasteiger partial charge in [-0.25, -0.2) is 13.1 Å². The number of thiophene rings is 1. The van der Waals surface area contributed by atoms with Gasteiger partial charge in [0, 0.05) is 18.9 Å². The number of halogens is 1. The predicted molar refractivity (Wildman–Crippen MR) is 79.8 cm³/mol. The fourth-order valence-corrected chi connectivity index (χ4v) is 4.79. The highest BCUT2D eigenvalue weighted by Crippen LogP contribution is 2.30. The molecule has 0 aromatic carbocycles. The van der Waals surface area contributed by atoms with E-state index in [1.54, 1.807) is 18.5 Å². The second kappa shape index (κ2) is 5.70. The molecule has 2 aromatic heterocycles. The van der Waals surface area contributed by atoms with Gasteiger partial charge >= 0.3 is 0 Å². The van der Waals surface area contributed by atoms with E-state index in [0.717, 1.165) is 20.5 Å². The quantitative estimate of drug-likeness (QED) is 0.911. The third-order valence-corrected chi connectivity index (χ3v) is 6.70. The lowest BCUT2D eigenvalue weighted by Crippen LogP contribution is -2.22. The first-order valence-corrected chi connectivity index (χ1v) is 8.64. The highest BCUT2D eigenvalue weighted by atomic mass is 79.9. The van der Waals surface area contributed by atoms with E-state index in [-0.39, 0.29) is 6.54 Å². The van der Waals surface area contributed by atoms with Crippen LogP contribution in [-0.4, -0.2) is 13.4 Å². The Hall–Kier alpha value is -0.760. The third kappa shape index (κ3) is 3.42. The van der Waals surface area contributed by atoms with E-state index in [9.17, 15) is 8.42 Å². The molecule has 1 N–H and O–H groups in total. The van der Waals surface area contributed by atoms with Gasteiger partial charge in [-0.2, -0.15) is 0 Å². The Morgan fingerprint density at radius 2 is 2.11 bits per heavy atom. The van der Waals surface area contributed by atoms with E-state index in [2.05, 4.69) is 25.6 Å². The molecule has 2 heterocycles. The van der Waals surface area contributed by atoms with Gasteiger partial charge in [-0.15, -0.1) is 11.3 Å². The Balaban J connectivity index is 2.17. The molecule has 0 unspecified atom stereocenters. The van der Waals surface area contributed by atoms with Gasteiger partial charge < -0.3 is 0 Å². The minimum Gasteiger partial charge on any atom is -0.264 e. The Labute approximate surface area is 125 Å². The standard InChI is InChI=1S/C12H13BrN2O2S2/c1-8-5-11(18-12(8)13)19(16,17)15-7-10-3-4-14-6-9(10)2/h3-6,15H,7H2,1-2H3. The zero-order chi connectivity index (χ0) is 14.0. The smallest absolute Gasteiger partial charge is 0.250 e. The molecule has 0 aliphatic heterocycles. The van der Waals surface area contributed by atoms with E-state index in [1.807, 2.05) is 19.9 Å². The molecule has 2 aromatic rings. The van der Waals surface area contributed by atoms with E-state index < -0.39 is 10.0 Å². The lowest BCUT2D eigenvalue weighted by molar-refractivity contribution is 0.583. The molecule has 0 spiro atoms. The largest absolute Gasteiger partial charge is 0.264 e. The van der Waals surface area contributed by atoms with Gasteiger partial charge in [0.1, 0.15) is 4.21 Å². The van der Waals surface area contributed by atoms with Gasteiger partial charge in [0.2, 0.25) is 10.0 Å². The van der Waals surface area contributed by atoms with E-state index in [0.29, 0.717) is 4.21 Å². The van der Waals surface area contributed by atoms with Crippen molar-refractivity contribution >= 4 is 37.3 Å². The highest BCUT2D eigenvalue weighted by molar-refractivity contribution is 9.11. The van der Waals surface area contributed by atoms with Crippen LogP contribution in [0, 0.1) is 13.8 Å². The Morgan fingerprint density at radius 1 is 1.37 bits per heavy atom. The van der Waals surface area contributed by atoms with Crippen molar-refractivity contribution in [2.24, 2.45) is 0 Å². The van der Waals surface area contributed by atoms with Crippen LogP contribution < -0.4 is 4.72 Å². The van der Waals surface area contributed by atoms with Gasteiger partial charge in [-0.3, -0.25) is 4.98 Å². The first-order valence-electron chi connectivity index (χ1n) is 5.55. The van der Waals surface area contributed by atoms with Crippen LogP contribution in [0.25, 0.3) is 0 Å². The van der Waals surface area contributed by atoms with Gasteiger partial charge in [0.05, 0.1) is 3.79 Å². The molecule has 4 nitrogen and oxygen atoms in total. The average molecular weight is 361 g/mol. The first kappa shape index (κ1) is 14.6. The molecular formula is C12H13BrN2O2S2. The second-order valence-corrected chi connectivity index (χ2v) is 8.51. The van der Waals surface area contributed by atoms with Gasteiger partial charge in [-0.05, 0) is 58.6 Å². The molecular weight excluding hydrogens is 348 g/mol. The lowest BCUT2D eigenvalue weighted by Gasteiger charge is -2.06. The Kier molecular flexibility index (Phi) is 4.39. The number of hydrogen-bond acceptors (Lipinski definition) is 4. The van der Waals surface area contributed by atoms with Crippen molar-refractivity contribution in [3.8, 4) is 0 Å². The van der Waals surface area contributed by atoms with Crippen LogP contribution in [0.1, 0.15) is 16.7 Å². The molecule has 0 radical (unpaired) electrons. The summed E-state index contributed by atoms with van der Waals surface area (Å²) in [6.07, 6.45) is 3.37. The molecule has 0 bridgehead atoms. The van der Waals surface area contributed by atoms with E-state index >= 15 is 0 Å². The fourth-order valence-electron chi connectivity index (χ4n) is 1.51. The monoisotopic (exact) mass is 360 g/mol. The van der Waals surface area contributed by atoms with Crippen molar-refractivity contribution in [1.29, 1.82) is 0 Å². The molecule has 0 fully saturated rings. The number of hydrogen-bond donors (Lipinski definition) is 1. The van der Waals surface area contributed by atoms with Crippen molar-refractivity contribution in [3.63, 3.8) is 0 Å². The van der Waals surface area contributed by atoms with Crippen molar-refractivity contribution < 1.29 is 8.42 Å². The minimum atomic E-state index is -3.46. The molecule has 19 heavy (non-hydrogen) atoms. The number of nitrogens with one attached hydrogen (secondary N) is 1. The average Bonchev–Trinajstić information content (AvgIpc) is 2.70. The molecule has 0 amide bonds. The topological polar surface area (TPSA) is 59.1 Å². The SMILES string of the molecule is Cc1cnccc1CNS(=O)(=O)c1cc(C)c(Br)s1. The van der Waals surface area contributed by atoms with Crippen molar-refractivity contribution in [2.75, 3.05) is 0 Å².